The highest BCUT2D eigenvalue weighted by Crippen LogP contribution is 2.15. The molecule has 142 valence electrons. The van der Waals surface area contributed by atoms with Crippen LogP contribution in [0.2, 0.25) is 0 Å². The number of fused-ring (bicyclic) bond motifs is 1. The molecule has 3 heterocycles. The molecule has 0 aliphatic carbocycles. The number of carbonyl (C=O) groups is 1. The molecular formula is C19H25N7O. The summed E-state index contributed by atoms with van der Waals surface area (Å²) in [6, 6.07) is 5.50. The lowest BCUT2D eigenvalue weighted by atomic mass is 10.0. The van der Waals surface area contributed by atoms with Crippen molar-refractivity contribution in [2.45, 2.75) is 40.0 Å². The predicted octanol–water partition coefficient (Wildman–Crippen LogP) is 2.41. The molecule has 0 saturated heterocycles. The molecule has 27 heavy (non-hydrogen) atoms. The SMILES string of the molecule is CCCN(CCC)C(=O)[C@H](C)Cc1ccc2nnc(-c3ncccn3)n2n1. The number of amides is 1. The van der Waals surface area contributed by atoms with Crippen molar-refractivity contribution in [3.8, 4) is 11.6 Å². The van der Waals surface area contributed by atoms with Gasteiger partial charge in [0.25, 0.3) is 0 Å². The number of rotatable bonds is 8. The Kier molecular flexibility index (Phi) is 6.05. The number of hydrogen-bond acceptors (Lipinski definition) is 6. The van der Waals surface area contributed by atoms with E-state index in [1.54, 1.807) is 23.0 Å². The van der Waals surface area contributed by atoms with Crippen molar-refractivity contribution >= 4 is 11.6 Å². The summed E-state index contributed by atoms with van der Waals surface area (Å²) in [4.78, 5) is 23.2. The summed E-state index contributed by atoms with van der Waals surface area (Å²) >= 11 is 0. The van der Waals surface area contributed by atoms with E-state index in [-0.39, 0.29) is 11.8 Å². The Morgan fingerprint density at radius 2 is 1.81 bits per heavy atom. The van der Waals surface area contributed by atoms with Crippen LogP contribution in [-0.4, -0.2) is 53.7 Å². The molecule has 0 aromatic carbocycles. The Morgan fingerprint density at radius 1 is 1.11 bits per heavy atom. The molecule has 0 bridgehead atoms. The van der Waals surface area contributed by atoms with Crippen LogP contribution < -0.4 is 0 Å². The number of hydrogen-bond donors (Lipinski definition) is 0. The van der Waals surface area contributed by atoms with E-state index in [2.05, 4.69) is 39.1 Å². The first-order chi connectivity index (χ1) is 13.1. The molecule has 3 rings (SSSR count). The summed E-state index contributed by atoms with van der Waals surface area (Å²) in [6.45, 7) is 7.74. The Morgan fingerprint density at radius 3 is 2.48 bits per heavy atom. The van der Waals surface area contributed by atoms with Crippen molar-refractivity contribution in [3.05, 3.63) is 36.3 Å². The second kappa shape index (κ2) is 8.66. The van der Waals surface area contributed by atoms with Crippen molar-refractivity contribution in [1.82, 2.24) is 34.7 Å². The van der Waals surface area contributed by atoms with E-state index in [4.69, 9.17) is 0 Å². The number of nitrogens with zero attached hydrogens (tertiary/aromatic N) is 7. The van der Waals surface area contributed by atoms with Crippen molar-refractivity contribution in [2.24, 2.45) is 5.92 Å². The minimum absolute atomic E-state index is 0.138. The lowest BCUT2D eigenvalue weighted by Gasteiger charge is -2.24. The van der Waals surface area contributed by atoms with Crippen LogP contribution >= 0.6 is 0 Å². The van der Waals surface area contributed by atoms with Crippen LogP contribution in [0.5, 0.6) is 0 Å². The molecule has 0 unspecified atom stereocenters. The minimum atomic E-state index is -0.138. The average Bonchev–Trinajstić information content (AvgIpc) is 3.11. The van der Waals surface area contributed by atoms with Gasteiger partial charge in [-0.05, 0) is 31.0 Å². The van der Waals surface area contributed by atoms with Crippen LogP contribution in [0.1, 0.15) is 39.3 Å². The normalized spacial score (nSPS) is 12.3. The van der Waals surface area contributed by atoms with Crippen LogP contribution in [0.3, 0.4) is 0 Å². The summed E-state index contributed by atoms with van der Waals surface area (Å²) in [5.74, 6) is 0.998. The lowest BCUT2D eigenvalue weighted by Crippen LogP contribution is -2.37. The first kappa shape index (κ1) is 18.9. The number of carbonyl (C=O) groups excluding carboxylic acids is 1. The number of aromatic nitrogens is 6. The fourth-order valence-corrected chi connectivity index (χ4v) is 3.07. The van der Waals surface area contributed by atoms with Crippen LogP contribution in [0.15, 0.2) is 30.6 Å². The highest BCUT2D eigenvalue weighted by atomic mass is 16.2. The fourth-order valence-electron chi connectivity index (χ4n) is 3.07. The summed E-state index contributed by atoms with van der Waals surface area (Å²) in [5.41, 5.74) is 1.44. The molecule has 3 aromatic heterocycles. The van der Waals surface area contributed by atoms with E-state index in [9.17, 15) is 4.79 Å². The van der Waals surface area contributed by atoms with Gasteiger partial charge in [0.05, 0.1) is 5.69 Å². The van der Waals surface area contributed by atoms with Gasteiger partial charge in [0.2, 0.25) is 11.7 Å². The summed E-state index contributed by atoms with van der Waals surface area (Å²) in [6.07, 6.45) is 5.80. The second-order valence-electron chi connectivity index (χ2n) is 6.62. The standard InChI is InChI=1S/C19H25N7O/c1-4-11-25(12-5-2)19(27)14(3)13-15-7-8-16-22-23-18(26(16)24-15)17-20-9-6-10-21-17/h6-10,14H,4-5,11-13H2,1-3H3/t14-/m1/s1. The van der Waals surface area contributed by atoms with E-state index in [0.29, 0.717) is 23.7 Å². The van der Waals surface area contributed by atoms with Gasteiger partial charge in [-0.1, -0.05) is 20.8 Å². The smallest absolute Gasteiger partial charge is 0.225 e. The van der Waals surface area contributed by atoms with Gasteiger partial charge in [-0.3, -0.25) is 4.79 Å². The Hall–Kier alpha value is -2.90. The molecule has 0 spiro atoms. The second-order valence-corrected chi connectivity index (χ2v) is 6.62. The van der Waals surface area contributed by atoms with Gasteiger partial charge in [0, 0.05) is 37.8 Å². The Balaban J connectivity index is 1.82. The third kappa shape index (κ3) is 4.27. The largest absolute Gasteiger partial charge is 0.342 e. The predicted molar refractivity (Wildman–Crippen MR) is 102 cm³/mol. The zero-order valence-electron chi connectivity index (χ0n) is 16.0. The summed E-state index contributed by atoms with van der Waals surface area (Å²) < 4.78 is 1.64. The first-order valence-electron chi connectivity index (χ1n) is 9.41. The molecule has 8 nitrogen and oxygen atoms in total. The molecule has 3 aromatic rings. The molecule has 0 fully saturated rings. The van der Waals surface area contributed by atoms with Gasteiger partial charge in [-0.15, -0.1) is 10.2 Å². The minimum Gasteiger partial charge on any atom is -0.342 e. The molecule has 0 saturated carbocycles. The quantitative estimate of drug-likeness (QED) is 0.607. The topological polar surface area (TPSA) is 89.2 Å². The molecule has 0 radical (unpaired) electrons. The van der Waals surface area contributed by atoms with Gasteiger partial charge in [-0.25, -0.2) is 9.97 Å². The zero-order valence-corrected chi connectivity index (χ0v) is 16.0. The van der Waals surface area contributed by atoms with Gasteiger partial charge >= 0.3 is 0 Å². The molecule has 0 aliphatic rings. The maximum atomic E-state index is 12.8. The van der Waals surface area contributed by atoms with E-state index in [1.807, 2.05) is 24.0 Å². The Labute approximate surface area is 158 Å². The van der Waals surface area contributed by atoms with Gasteiger partial charge < -0.3 is 4.90 Å². The van der Waals surface area contributed by atoms with Crippen LogP contribution in [0.4, 0.5) is 0 Å². The first-order valence-corrected chi connectivity index (χ1v) is 9.41. The van der Waals surface area contributed by atoms with E-state index >= 15 is 0 Å². The third-order valence-corrected chi connectivity index (χ3v) is 4.32. The highest BCUT2D eigenvalue weighted by molar-refractivity contribution is 5.78. The average molecular weight is 367 g/mol. The highest BCUT2D eigenvalue weighted by Gasteiger charge is 2.21. The molecule has 1 atom stereocenters. The molecular weight excluding hydrogens is 342 g/mol. The van der Waals surface area contributed by atoms with Crippen molar-refractivity contribution in [1.29, 1.82) is 0 Å². The third-order valence-electron chi connectivity index (χ3n) is 4.32. The maximum absolute atomic E-state index is 12.8. The molecule has 1 amide bonds. The fraction of sp³-hybridized carbons (Fsp3) is 0.474. The van der Waals surface area contributed by atoms with Gasteiger partial charge in [-0.2, -0.15) is 9.61 Å². The maximum Gasteiger partial charge on any atom is 0.225 e. The molecule has 8 heteroatoms. The molecule has 0 aliphatic heterocycles. The van der Waals surface area contributed by atoms with Gasteiger partial charge in [0.15, 0.2) is 11.5 Å². The summed E-state index contributed by atoms with van der Waals surface area (Å²) in [5, 5.41) is 12.9. The zero-order chi connectivity index (χ0) is 19.2. The molecule has 0 N–H and O–H groups in total. The van der Waals surface area contributed by atoms with Crippen LogP contribution in [0, 0.1) is 5.92 Å². The van der Waals surface area contributed by atoms with Crippen molar-refractivity contribution in [3.63, 3.8) is 0 Å². The lowest BCUT2D eigenvalue weighted by molar-refractivity contribution is -0.135. The van der Waals surface area contributed by atoms with E-state index in [1.165, 1.54) is 0 Å². The summed E-state index contributed by atoms with van der Waals surface area (Å²) in [7, 11) is 0. The van der Waals surface area contributed by atoms with E-state index in [0.717, 1.165) is 31.6 Å². The van der Waals surface area contributed by atoms with E-state index < -0.39 is 0 Å². The Bertz CT molecular complexity index is 887. The van der Waals surface area contributed by atoms with Crippen molar-refractivity contribution in [2.75, 3.05) is 13.1 Å². The van der Waals surface area contributed by atoms with Crippen LogP contribution in [-0.2, 0) is 11.2 Å². The van der Waals surface area contributed by atoms with Crippen LogP contribution in [0.25, 0.3) is 17.3 Å². The van der Waals surface area contributed by atoms with Crippen molar-refractivity contribution < 1.29 is 4.79 Å². The monoisotopic (exact) mass is 367 g/mol. The van der Waals surface area contributed by atoms with Gasteiger partial charge in [0.1, 0.15) is 0 Å².